The maximum absolute atomic E-state index is 12.0. The van der Waals surface area contributed by atoms with Crippen molar-refractivity contribution in [3.8, 4) is 0 Å². The molecule has 0 unspecified atom stereocenters. The molecule has 0 aliphatic carbocycles. The third kappa shape index (κ3) is 2.08. The van der Waals surface area contributed by atoms with E-state index in [0.717, 1.165) is 49.0 Å². The van der Waals surface area contributed by atoms with Crippen LogP contribution in [0.1, 0.15) is 24.0 Å². The monoisotopic (exact) mass is 299 g/mol. The highest BCUT2D eigenvalue weighted by molar-refractivity contribution is 5.96. The number of fused-ring (bicyclic) bond motifs is 2. The number of nitrogens with zero attached hydrogens (tertiary/aromatic N) is 1. The van der Waals surface area contributed by atoms with Crippen LogP contribution in [0.5, 0.6) is 0 Å². The van der Waals surface area contributed by atoms with Gasteiger partial charge in [-0.05, 0) is 37.3 Å². The topological polar surface area (TPSA) is 71.5 Å². The Morgan fingerprint density at radius 1 is 1.23 bits per heavy atom. The van der Waals surface area contributed by atoms with Crippen LogP contribution in [0.15, 0.2) is 21.3 Å². The SMILES string of the molecule is NCCNc1cc(=O)oc2c3c4c(cc12)CCCN4CCC3. The molecule has 116 valence electrons. The second-order valence-corrected chi connectivity index (χ2v) is 6.13. The highest BCUT2D eigenvalue weighted by atomic mass is 16.4. The average molecular weight is 299 g/mol. The summed E-state index contributed by atoms with van der Waals surface area (Å²) < 4.78 is 5.60. The number of hydrogen-bond donors (Lipinski definition) is 2. The first kappa shape index (κ1) is 13.6. The van der Waals surface area contributed by atoms with Crippen molar-refractivity contribution >= 4 is 22.3 Å². The highest BCUT2D eigenvalue weighted by Crippen LogP contribution is 2.41. The minimum atomic E-state index is -0.295. The van der Waals surface area contributed by atoms with Crippen LogP contribution in [0.2, 0.25) is 0 Å². The molecule has 22 heavy (non-hydrogen) atoms. The second-order valence-electron chi connectivity index (χ2n) is 6.13. The number of anilines is 2. The number of nitrogens with two attached hydrogens (primary N) is 1. The van der Waals surface area contributed by atoms with Gasteiger partial charge in [0.25, 0.3) is 0 Å². The van der Waals surface area contributed by atoms with Crippen LogP contribution in [0.4, 0.5) is 11.4 Å². The Hall–Kier alpha value is -2.01. The molecule has 0 saturated carbocycles. The van der Waals surface area contributed by atoms with E-state index in [0.29, 0.717) is 13.1 Å². The fourth-order valence-corrected chi connectivity index (χ4v) is 3.83. The van der Waals surface area contributed by atoms with Crippen molar-refractivity contribution in [2.75, 3.05) is 36.4 Å². The molecule has 0 saturated heterocycles. The molecule has 5 heteroatoms. The summed E-state index contributed by atoms with van der Waals surface area (Å²) in [6.45, 7) is 3.41. The van der Waals surface area contributed by atoms with E-state index >= 15 is 0 Å². The molecule has 0 radical (unpaired) electrons. The van der Waals surface area contributed by atoms with E-state index in [1.54, 1.807) is 6.07 Å². The van der Waals surface area contributed by atoms with Gasteiger partial charge in [-0.25, -0.2) is 4.79 Å². The molecule has 3 N–H and O–H groups in total. The van der Waals surface area contributed by atoms with E-state index in [1.807, 2.05) is 0 Å². The van der Waals surface area contributed by atoms with Gasteiger partial charge in [-0.15, -0.1) is 0 Å². The minimum absolute atomic E-state index is 0.295. The molecule has 5 nitrogen and oxygen atoms in total. The van der Waals surface area contributed by atoms with E-state index in [1.165, 1.54) is 23.2 Å². The molecular weight excluding hydrogens is 278 g/mol. The van der Waals surface area contributed by atoms with Gasteiger partial charge in [-0.3, -0.25) is 0 Å². The molecule has 0 atom stereocenters. The van der Waals surface area contributed by atoms with Gasteiger partial charge in [0.1, 0.15) is 5.58 Å². The Balaban J connectivity index is 1.99. The zero-order valence-electron chi connectivity index (χ0n) is 12.7. The fourth-order valence-electron chi connectivity index (χ4n) is 3.83. The molecule has 0 fully saturated rings. The largest absolute Gasteiger partial charge is 0.422 e. The summed E-state index contributed by atoms with van der Waals surface area (Å²) in [4.78, 5) is 14.4. The van der Waals surface area contributed by atoms with Crippen molar-refractivity contribution in [2.24, 2.45) is 5.73 Å². The molecule has 1 aromatic heterocycles. The Morgan fingerprint density at radius 3 is 2.86 bits per heavy atom. The molecule has 0 amide bonds. The first-order chi connectivity index (χ1) is 10.8. The van der Waals surface area contributed by atoms with Crippen molar-refractivity contribution in [1.29, 1.82) is 0 Å². The van der Waals surface area contributed by atoms with E-state index in [-0.39, 0.29) is 5.63 Å². The maximum atomic E-state index is 12.0. The number of rotatable bonds is 3. The summed E-state index contributed by atoms with van der Waals surface area (Å²) in [6, 6.07) is 3.74. The predicted octanol–water partition coefficient (Wildman–Crippen LogP) is 1.86. The van der Waals surface area contributed by atoms with Crippen LogP contribution in [-0.4, -0.2) is 26.2 Å². The summed E-state index contributed by atoms with van der Waals surface area (Å²) in [7, 11) is 0. The summed E-state index contributed by atoms with van der Waals surface area (Å²) in [5.74, 6) is 0. The average Bonchev–Trinajstić information content (AvgIpc) is 2.54. The molecule has 1 aromatic carbocycles. The Kier molecular flexibility index (Phi) is 3.30. The number of benzene rings is 1. The van der Waals surface area contributed by atoms with Crippen LogP contribution in [0.25, 0.3) is 11.0 Å². The van der Waals surface area contributed by atoms with Crippen molar-refractivity contribution < 1.29 is 4.42 Å². The predicted molar refractivity (Wildman–Crippen MR) is 88.9 cm³/mol. The van der Waals surface area contributed by atoms with Crippen LogP contribution >= 0.6 is 0 Å². The molecule has 4 rings (SSSR count). The lowest BCUT2D eigenvalue weighted by Gasteiger charge is -2.37. The second kappa shape index (κ2) is 5.32. The molecule has 2 aromatic rings. The van der Waals surface area contributed by atoms with Gasteiger partial charge in [-0.1, -0.05) is 0 Å². The van der Waals surface area contributed by atoms with Crippen LogP contribution in [0, 0.1) is 0 Å². The number of hydrogen-bond acceptors (Lipinski definition) is 5. The molecule has 2 aliphatic heterocycles. The van der Waals surface area contributed by atoms with Crippen LogP contribution in [-0.2, 0) is 12.8 Å². The first-order valence-electron chi connectivity index (χ1n) is 8.09. The Morgan fingerprint density at radius 2 is 2.05 bits per heavy atom. The van der Waals surface area contributed by atoms with Gasteiger partial charge in [0.15, 0.2) is 0 Å². The summed E-state index contributed by atoms with van der Waals surface area (Å²) in [5, 5.41) is 4.29. The van der Waals surface area contributed by atoms with Crippen molar-refractivity contribution in [2.45, 2.75) is 25.7 Å². The number of aryl methyl sites for hydroxylation is 2. The third-order valence-electron chi connectivity index (χ3n) is 4.69. The molecule has 2 aliphatic rings. The quantitative estimate of drug-likeness (QED) is 0.847. The van der Waals surface area contributed by atoms with Gasteiger partial charge in [0.05, 0.1) is 5.69 Å². The van der Waals surface area contributed by atoms with Gasteiger partial charge in [0, 0.05) is 48.9 Å². The summed E-state index contributed by atoms with van der Waals surface area (Å²) >= 11 is 0. The van der Waals surface area contributed by atoms with Gasteiger partial charge >= 0.3 is 5.63 Å². The standard InChI is InChI=1S/C17H21N3O2/c18-5-6-19-14-10-15(21)22-17-12-4-2-8-20-7-1-3-11(16(12)20)9-13(14)17/h9-10,19H,1-8,18H2. The first-order valence-corrected chi connectivity index (χ1v) is 8.09. The fraction of sp³-hybridized carbons (Fsp3) is 0.471. The zero-order valence-corrected chi connectivity index (χ0v) is 12.7. The van der Waals surface area contributed by atoms with Crippen molar-refractivity contribution in [1.82, 2.24) is 0 Å². The van der Waals surface area contributed by atoms with Crippen molar-refractivity contribution in [3.63, 3.8) is 0 Å². The Labute approximate surface area is 129 Å². The smallest absolute Gasteiger partial charge is 0.338 e. The van der Waals surface area contributed by atoms with Gasteiger partial charge in [0.2, 0.25) is 0 Å². The zero-order chi connectivity index (χ0) is 15.1. The minimum Gasteiger partial charge on any atom is -0.422 e. The van der Waals surface area contributed by atoms with Gasteiger partial charge in [-0.2, -0.15) is 0 Å². The van der Waals surface area contributed by atoms with E-state index in [2.05, 4.69) is 16.3 Å². The molecular formula is C17H21N3O2. The van der Waals surface area contributed by atoms with E-state index in [9.17, 15) is 4.79 Å². The lowest BCUT2D eigenvalue weighted by Crippen LogP contribution is -2.34. The molecule has 0 bridgehead atoms. The third-order valence-corrected chi connectivity index (χ3v) is 4.69. The lowest BCUT2D eigenvalue weighted by molar-refractivity contribution is 0.550. The van der Waals surface area contributed by atoms with Crippen LogP contribution in [0.3, 0.4) is 0 Å². The maximum Gasteiger partial charge on any atom is 0.338 e. The van der Waals surface area contributed by atoms with Crippen LogP contribution < -0.4 is 21.6 Å². The molecule has 0 spiro atoms. The summed E-state index contributed by atoms with van der Waals surface area (Å²) in [5.41, 5.74) is 10.8. The number of nitrogens with one attached hydrogen (secondary N) is 1. The Bertz CT molecular complexity index is 780. The molecule has 3 heterocycles. The summed E-state index contributed by atoms with van der Waals surface area (Å²) in [6.07, 6.45) is 4.40. The van der Waals surface area contributed by atoms with Gasteiger partial charge < -0.3 is 20.4 Å². The highest BCUT2D eigenvalue weighted by Gasteiger charge is 2.27. The normalized spacial score (nSPS) is 16.7. The van der Waals surface area contributed by atoms with E-state index in [4.69, 9.17) is 10.2 Å². The van der Waals surface area contributed by atoms with Crippen molar-refractivity contribution in [3.05, 3.63) is 33.7 Å². The van der Waals surface area contributed by atoms with E-state index < -0.39 is 0 Å². The lowest BCUT2D eigenvalue weighted by atomic mass is 9.90.